The fourth-order valence-corrected chi connectivity index (χ4v) is 2.42. The Morgan fingerprint density at radius 1 is 1.55 bits per heavy atom. The van der Waals surface area contributed by atoms with Crippen LogP contribution in [0.15, 0.2) is 34.2 Å². The van der Waals surface area contributed by atoms with Crippen LogP contribution >= 0.6 is 23.4 Å². The number of amides is 1. The van der Waals surface area contributed by atoms with Gasteiger partial charge in [0.25, 0.3) is 5.91 Å². The highest BCUT2D eigenvalue weighted by Gasteiger charge is 2.20. The van der Waals surface area contributed by atoms with Gasteiger partial charge >= 0.3 is 0 Å². The number of likely N-dealkylation sites (N-methyl/N-ethyl adjacent to an activating group) is 1. The van der Waals surface area contributed by atoms with Crippen LogP contribution in [0.2, 0.25) is 5.02 Å². The molecule has 2 aromatic heterocycles. The van der Waals surface area contributed by atoms with E-state index in [0.29, 0.717) is 11.7 Å². The Morgan fingerprint density at radius 2 is 2.32 bits per heavy atom. The Kier molecular flexibility index (Phi) is 5.82. The minimum absolute atomic E-state index is 0.0698. The van der Waals surface area contributed by atoms with Gasteiger partial charge in [0, 0.05) is 6.54 Å². The molecule has 0 bridgehead atoms. The minimum Gasteiger partial charge on any atom is -0.468 e. The average molecular weight is 341 g/mol. The third kappa shape index (κ3) is 4.00. The summed E-state index contributed by atoms with van der Waals surface area (Å²) in [5.74, 6) is 0.449. The second kappa shape index (κ2) is 7.62. The van der Waals surface area contributed by atoms with Gasteiger partial charge < -0.3 is 9.73 Å². The summed E-state index contributed by atoms with van der Waals surface area (Å²) < 4.78 is 5.41. The minimum atomic E-state index is -0.332. The molecule has 0 aliphatic rings. The molecule has 8 heteroatoms. The standard InChI is InChI=1S/C14H17ClN4O2S/c1-19(2)10(11-5-4-6-21-11)8-16-13(20)12-9(15)7-17-14(18-12)22-3/h4-7,10H,8H2,1-3H3,(H,16,20). The van der Waals surface area contributed by atoms with Gasteiger partial charge in [-0.3, -0.25) is 9.69 Å². The fourth-order valence-electron chi connectivity index (χ4n) is 1.90. The van der Waals surface area contributed by atoms with Gasteiger partial charge in [0.15, 0.2) is 10.9 Å². The Labute approximate surface area is 138 Å². The number of nitrogens with zero attached hydrogens (tertiary/aromatic N) is 3. The van der Waals surface area contributed by atoms with Gasteiger partial charge in [-0.1, -0.05) is 23.4 Å². The first kappa shape index (κ1) is 16.8. The third-order valence-corrected chi connectivity index (χ3v) is 3.91. The molecule has 0 spiro atoms. The fraction of sp³-hybridized carbons (Fsp3) is 0.357. The molecule has 0 fully saturated rings. The summed E-state index contributed by atoms with van der Waals surface area (Å²) in [6.07, 6.45) is 4.88. The van der Waals surface area contributed by atoms with Crippen LogP contribution in [-0.2, 0) is 0 Å². The van der Waals surface area contributed by atoms with Crippen LogP contribution in [-0.4, -0.2) is 47.7 Å². The second-order valence-electron chi connectivity index (χ2n) is 4.76. The van der Waals surface area contributed by atoms with Crippen molar-refractivity contribution in [2.45, 2.75) is 11.2 Å². The number of hydrogen-bond acceptors (Lipinski definition) is 6. The zero-order valence-electron chi connectivity index (χ0n) is 12.5. The van der Waals surface area contributed by atoms with Crippen LogP contribution in [0.1, 0.15) is 22.3 Å². The van der Waals surface area contributed by atoms with E-state index in [1.54, 1.807) is 6.26 Å². The molecule has 2 heterocycles. The number of aromatic nitrogens is 2. The van der Waals surface area contributed by atoms with Gasteiger partial charge in [-0.15, -0.1) is 0 Å². The molecule has 118 valence electrons. The maximum Gasteiger partial charge on any atom is 0.271 e. The van der Waals surface area contributed by atoms with Crippen LogP contribution in [0.25, 0.3) is 0 Å². The van der Waals surface area contributed by atoms with E-state index in [4.69, 9.17) is 16.0 Å². The quantitative estimate of drug-likeness (QED) is 0.643. The van der Waals surface area contributed by atoms with Gasteiger partial charge in [0.2, 0.25) is 0 Å². The number of carbonyl (C=O) groups is 1. The predicted octanol–water partition coefficient (Wildman–Crippen LogP) is 2.48. The topological polar surface area (TPSA) is 71.3 Å². The molecule has 2 aromatic rings. The molecule has 6 nitrogen and oxygen atoms in total. The first-order valence-electron chi connectivity index (χ1n) is 6.57. The van der Waals surface area contributed by atoms with Gasteiger partial charge in [0.1, 0.15) is 5.76 Å². The summed E-state index contributed by atoms with van der Waals surface area (Å²) in [4.78, 5) is 22.4. The maximum absolute atomic E-state index is 12.3. The normalized spacial score (nSPS) is 12.4. The summed E-state index contributed by atoms with van der Waals surface area (Å²) in [7, 11) is 3.84. The van der Waals surface area contributed by atoms with Crippen molar-refractivity contribution < 1.29 is 9.21 Å². The highest BCUT2D eigenvalue weighted by Crippen LogP contribution is 2.19. The number of thioether (sulfide) groups is 1. The van der Waals surface area contributed by atoms with E-state index in [0.717, 1.165) is 5.76 Å². The molecule has 1 unspecified atom stereocenters. The second-order valence-corrected chi connectivity index (χ2v) is 5.94. The molecule has 1 N–H and O–H groups in total. The van der Waals surface area contributed by atoms with Crippen LogP contribution < -0.4 is 5.32 Å². The molecule has 0 aliphatic carbocycles. The van der Waals surface area contributed by atoms with Gasteiger partial charge in [-0.2, -0.15) is 0 Å². The molecule has 0 radical (unpaired) electrons. The summed E-state index contributed by atoms with van der Waals surface area (Å²) in [5.41, 5.74) is 0.179. The molecule has 0 aromatic carbocycles. The van der Waals surface area contributed by atoms with Crippen molar-refractivity contribution in [3.05, 3.63) is 41.1 Å². The SMILES string of the molecule is CSc1ncc(Cl)c(C(=O)NCC(c2ccco2)N(C)C)n1. The van der Waals surface area contributed by atoms with Crippen molar-refractivity contribution >= 4 is 29.3 Å². The van der Waals surface area contributed by atoms with Gasteiger partial charge in [-0.25, -0.2) is 9.97 Å². The molecule has 2 rings (SSSR count). The number of carbonyl (C=O) groups excluding carboxylic acids is 1. The molecule has 1 amide bonds. The van der Waals surface area contributed by atoms with E-state index < -0.39 is 0 Å². The summed E-state index contributed by atoms with van der Waals surface area (Å²) in [5, 5.41) is 3.57. The van der Waals surface area contributed by atoms with E-state index in [-0.39, 0.29) is 22.7 Å². The van der Waals surface area contributed by atoms with E-state index in [2.05, 4.69) is 15.3 Å². The lowest BCUT2D eigenvalue weighted by Crippen LogP contribution is -2.35. The first-order valence-corrected chi connectivity index (χ1v) is 8.17. The lowest BCUT2D eigenvalue weighted by atomic mass is 10.2. The molecular formula is C14H17ClN4O2S. The summed E-state index contributed by atoms with van der Waals surface area (Å²) in [6, 6.07) is 3.62. The number of nitrogens with one attached hydrogen (secondary N) is 1. The van der Waals surface area contributed by atoms with Crippen LogP contribution in [0.4, 0.5) is 0 Å². The average Bonchev–Trinajstić information content (AvgIpc) is 3.01. The van der Waals surface area contributed by atoms with Crippen molar-refractivity contribution in [1.82, 2.24) is 20.2 Å². The van der Waals surface area contributed by atoms with Gasteiger partial charge in [0.05, 0.1) is 23.5 Å². The molecule has 22 heavy (non-hydrogen) atoms. The number of furan rings is 1. The Balaban J connectivity index is 2.08. The van der Waals surface area contributed by atoms with Crippen molar-refractivity contribution in [3.8, 4) is 0 Å². The van der Waals surface area contributed by atoms with Crippen LogP contribution in [0.5, 0.6) is 0 Å². The number of rotatable bonds is 6. The van der Waals surface area contributed by atoms with E-state index in [1.807, 2.05) is 37.4 Å². The van der Waals surface area contributed by atoms with Crippen LogP contribution in [0.3, 0.4) is 0 Å². The number of hydrogen-bond donors (Lipinski definition) is 1. The molecule has 0 saturated carbocycles. The molecule has 0 aliphatic heterocycles. The largest absolute Gasteiger partial charge is 0.468 e. The smallest absolute Gasteiger partial charge is 0.271 e. The zero-order valence-corrected chi connectivity index (χ0v) is 14.1. The van der Waals surface area contributed by atoms with E-state index in [9.17, 15) is 4.79 Å². The van der Waals surface area contributed by atoms with Crippen LogP contribution in [0, 0.1) is 0 Å². The van der Waals surface area contributed by atoms with Crippen molar-refractivity contribution in [2.24, 2.45) is 0 Å². The summed E-state index contributed by atoms with van der Waals surface area (Å²) >= 11 is 7.35. The molecular weight excluding hydrogens is 324 g/mol. The molecule has 1 atom stereocenters. The first-order chi connectivity index (χ1) is 10.5. The highest BCUT2D eigenvalue weighted by atomic mass is 35.5. The molecule has 0 saturated heterocycles. The van der Waals surface area contributed by atoms with Crippen molar-refractivity contribution in [2.75, 3.05) is 26.9 Å². The highest BCUT2D eigenvalue weighted by molar-refractivity contribution is 7.98. The lowest BCUT2D eigenvalue weighted by Gasteiger charge is -2.22. The van der Waals surface area contributed by atoms with Crippen molar-refractivity contribution in [3.63, 3.8) is 0 Å². The van der Waals surface area contributed by atoms with Crippen molar-refractivity contribution in [1.29, 1.82) is 0 Å². The predicted molar refractivity (Wildman–Crippen MR) is 86.3 cm³/mol. The number of halogens is 1. The lowest BCUT2D eigenvalue weighted by molar-refractivity contribution is 0.0933. The third-order valence-electron chi connectivity index (χ3n) is 3.07. The zero-order chi connectivity index (χ0) is 16.1. The van der Waals surface area contributed by atoms with Gasteiger partial charge in [-0.05, 0) is 32.5 Å². The van der Waals surface area contributed by atoms with E-state index in [1.165, 1.54) is 18.0 Å². The Morgan fingerprint density at radius 3 is 2.91 bits per heavy atom. The summed E-state index contributed by atoms with van der Waals surface area (Å²) in [6.45, 7) is 0.383. The maximum atomic E-state index is 12.3. The monoisotopic (exact) mass is 340 g/mol. The van der Waals surface area contributed by atoms with E-state index >= 15 is 0 Å². The Bertz CT molecular complexity index is 634. The Hall–Kier alpha value is -1.57.